The Hall–Kier alpha value is -7.46. The van der Waals surface area contributed by atoms with Crippen molar-refractivity contribution < 1.29 is 109 Å². The SMILES string of the molecule is ClC(Cl)Cl.ClC(Cl)Cl.[Mn+2].[Mn+2].[Mn+2].[Mn+2].[O-]c1c2cc(-c3ccccc3)cc1Sc1cc(-c3ccccc3)cc(c1[O-])Sc1cc(-c3ccccc3)cc(c1[O-])Sc1cc(-c3ccccc3)cc(c1[O-])S2.[O-]c1c2cc(-c3ccccc3)cc1Sc1cc(-c3ccccc3)cc(c1[O-])Sc1cc(-c3ccccc3)cc(c1[O-])Sc1cc(-c3ccccc3)cc(c1[O-])S2. The van der Waals surface area contributed by atoms with Gasteiger partial charge >= 0.3 is 68.3 Å². The fraction of sp³-hybridized carbons (Fsp3) is 0.0204. The van der Waals surface area contributed by atoms with E-state index in [4.69, 9.17) is 69.6 Å². The van der Waals surface area contributed by atoms with Gasteiger partial charge in [0.05, 0.1) is 0 Å². The molecule has 0 atom stereocenters. The molecule has 0 saturated heterocycles. The zero-order valence-corrected chi connectivity index (χ0v) is 79.6. The van der Waals surface area contributed by atoms with Gasteiger partial charge in [0.1, 0.15) is 0 Å². The van der Waals surface area contributed by atoms with Crippen LogP contribution in [0.4, 0.5) is 0 Å². The summed E-state index contributed by atoms with van der Waals surface area (Å²) >= 11 is 37.8. The van der Waals surface area contributed by atoms with Crippen molar-refractivity contribution in [3.05, 3.63) is 340 Å². The molecule has 0 unspecified atom stereocenters. The Bertz CT molecular complexity index is 5050. The molecule has 2 aliphatic heterocycles. The maximum atomic E-state index is 14.5. The monoisotopic (exact) mass is 2050 g/mol. The number of fused-ring (bicyclic) bond motifs is 16. The molecule has 2 aliphatic rings. The Morgan fingerprint density at radius 1 is 0.137 bits per heavy atom. The normalized spacial score (nSPS) is 11.7. The number of hydrogen-bond donors (Lipinski definition) is 0. The van der Waals surface area contributed by atoms with Crippen LogP contribution in [0.25, 0.3) is 89.0 Å². The van der Waals surface area contributed by atoms with E-state index in [9.17, 15) is 40.9 Å². The summed E-state index contributed by atoms with van der Waals surface area (Å²) in [4.78, 5) is 5.75. The van der Waals surface area contributed by atoms with Gasteiger partial charge in [0.25, 0.3) is 0 Å². The molecule has 0 aromatic heterocycles. The molecule has 26 heteroatoms. The molecule has 0 aliphatic carbocycles. The molecule has 8 nitrogen and oxygen atoms in total. The minimum absolute atomic E-state index is 0. The molecular weight excluding hydrogens is 1990 g/mol. The summed E-state index contributed by atoms with van der Waals surface area (Å²) in [6, 6.07) is 107. The molecule has 2 heterocycles. The Kier molecular flexibility index (Phi) is 35.6. The molecule has 16 bridgehead atoms. The average Bonchev–Trinajstić information content (AvgIpc) is 0.772. The van der Waals surface area contributed by atoms with Crippen molar-refractivity contribution >= 4 is 164 Å². The summed E-state index contributed by atoms with van der Waals surface area (Å²) in [5.74, 6) is -2.19. The van der Waals surface area contributed by atoms with Gasteiger partial charge in [-0.15, -0.1) is 0 Å². The summed E-state index contributed by atoms with van der Waals surface area (Å²) in [5.41, 5.74) is 13.5. The van der Waals surface area contributed by atoms with E-state index < -0.39 is 8.59 Å². The Balaban J connectivity index is 0.000000216. The maximum Gasteiger partial charge on any atom is 2.00 e. The van der Waals surface area contributed by atoms with E-state index in [0.29, 0.717) is 78.3 Å². The molecule has 18 rings (SSSR count). The number of halogens is 6. The standard InChI is InChI=1S/2C48H32O4S4.2CHCl3.4Mn/c2*49-45-37-21-33(29-13-5-1-6-14-29)22-38(45)54-40-24-35(31-17-9-3-10-18-31)26-42(47(40)51)56-44-28-36(32-19-11-4-12-20-32)27-43(48(44)52)55-41-25-34(23-39(53-37)46(41)50)30-15-7-2-8-16-30;2*2-1(3)4;;;;/h2*1-28,49-52H;2*1H;;;;/q;;;;4*+2/p-8. The molecule has 0 spiro atoms. The number of benzene rings is 16. The minimum atomic E-state index is -0.750. The van der Waals surface area contributed by atoms with Crippen LogP contribution in [0.3, 0.4) is 0 Å². The summed E-state index contributed by atoms with van der Waals surface area (Å²) in [6.07, 6.45) is 0. The second kappa shape index (κ2) is 45.5. The first-order valence-corrected chi connectivity index (χ1v) is 45.9. The van der Waals surface area contributed by atoms with Crippen LogP contribution in [0, 0.1) is 0 Å². The Morgan fingerprint density at radius 2 is 0.210 bits per heavy atom. The van der Waals surface area contributed by atoms with Crippen molar-refractivity contribution in [3.8, 4) is 135 Å². The van der Waals surface area contributed by atoms with Crippen molar-refractivity contribution in [2.75, 3.05) is 0 Å². The van der Waals surface area contributed by atoms with Crippen LogP contribution in [0.2, 0.25) is 0 Å². The Labute approximate surface area is 825 Å². The van der Waals surface area contributed by atoms with Crippen LogP contribution in [0.1, 0.15) is 0 Å². The van der Waals surface area contributed by atoms with E-state index >= 15 is 0 Å². The van der Waals surface area contributed by atoms with Gasteiger partial charge in [0, 0.05) is 78.3 Å². The van der Waals surface area contributed by atoms with Crippen molar-refractivity contribution in [1.29, 1.82) is 0 Å². The third-order valence-electron chi connectivity index (χ3n) is 18.8. The van der Waals surface area contributed by atoms with Crippen LogP contribution in [0.5, 0.6) is 46.0 Å². The van der Waals surface area contributed by atoms with Gasteiger partial charge in [0.2, 0.25) is 0 Å². The van der Waals surface area contributed by atoms with Gasteiger partial charge in [-0.05, 0) is 186 Å². The molecule has 0 N–H and O–H groups in total. The first-order valence-electron chi connectivity index (χ1n) is 36.7. The summed E-state index contributed by atoms with van der Waals surface area (Å²) in [6.45, 7) is 0. The fourth-order valence-electron chi connectivity index (χ4n) is 13.2. The quantitative estimate of drug-likeness (QED) is 0.103. The van der Waals surface area contributed by atoms with Gasteiger partial charge in [-0.3, -0.25) is 0 Å². The largest absolute Gasteiger partial charge is 2.00 e. The minimum Gasteiger partial charge on any atom is -0.871 e. The first-order chi connectivity index (χ1) is 58.2. The van der Waals surface area contributed by atoms with E-state index in [1.165, 1.54) is 0 Å². The van der Waals surface area contributed by atoms with E-state index in [-0.39, 0.29) is 114 Å². The fourth-order valence-corrected chi connectivity index (χ4v) is 21.8. The van der Waals surface area contributed by atoms with Crippen molar-refractivity contribution in [2.45, 2.75) is 86.9 Å². The molecule has 16 aromatic rings. The predicted molar refractivity (Wildman–Crippen MR) is 486 cm³/mol. The van der Waals surface area contributed by atoms with Gasteiger partial charge in [0.15, 0.2) is 8.59 Å². The molecule has 16 aromatic carbocycles. The topological polar surface area (TPSA) is 184 Å². The average molecular weight is 2050 g/mol. The van der Waals surface area contributed by atoms with E-state index in [1.54, 1.807) is 0 Å². The molecule has 0 fully saturated rings. The number of hydrogen-bond acceptors (Lipinski definition) is 16. The molecule has 0 amide bonds. The predicted octanol–water partition coefficient (Wildman–Crippen LogP) is 27.1. The molecule has 4 radical (unpaired) electrons. The van der Waals surface area contributed by atoms with Crippen LogP contribution in [-0.2, 0) is 68.3 Å². The summed E-state index contributed by atoms with van der Waals surface area (Å²) in [7, 11) is 0. The van der Waals surface area contributed by atoms with Crippen LogP contribution in [0.15, 0.2) is 418 Å². The van der Waals surface area contributed by atoms with E-state index in [0.717, 1.165) is 183 Å². The Morgan fingerprint density at radius 3 is 0.282 bits per heavy atom. The second-order valence-electron chi connectivity index (χ2n) is 26.7. The van der Waals surface area contributed by atoms with Gasteiger partial charge in [-0.1, -0.05) is 452 Å². The molecule has 124 heavy (non-hydrogen) atoms. The van der Waals surface area contributed by atoms with Crippen LogP contribution < -0.4 is 40.9 Å². The van der Waals surface area contributed by atoms with E-state index in [1.807, 2.05) is 340 Å². The maximum absolute atomic E-state index is 14.5. The van der Waals surface area contributed by atoms with Crippen molar-refractivity contribution in [3.63, 3.8) is 0 Å². The van der Waals surface area contributed by atoms with Crippen LogP contribution in [-0.4, -0.2) is 8.59 Å². The third-order valence-corrected chi connectivity index (χ3v) is 27.2. The molecule has 616 valence electrons. The van der Waals surface area contributed by atoms with Crippen molar-refractivity contribution in [2.24, 2.45) is 0 Å². The van der Waals surface area contributed by atoms with Gasteiger partial charge in [-0.2, -0.15) is 0 Å². The van der Waals surface area contributed by atoms with Crippen LogP contribution >= 0.6 is 164 Å². The zero-order chi connectivity index (χ0) is 83.5. The van der Waals surface area contributed by atoms with Crippen molar-refractivity contribution in [1.82, 2.24) is 0 Å². The zero-order valence-electron chi connectivity index (χ0n) is 63.8. The van der Waals surface area contributed by atoms with Gasteiger partial charge in [-0.25, -0.2) is 0 Å². The smallest absolute Gasteiger partial charge is 0.871 e. The first kappa shape index (κ1) is 97.2. The van der Waals surface area contributed by atoms with Gasteiger partial charge < -0.3 is 40.9 Å². The number of rotatable bonds is 8. The van der Waals surface area contributed by atoms with E-state index in [2.05, 4.69) is 0 Å². The molecular formula is C98H58Cl6Mn4O8S8. The third kappa shape index (κ3) is 23.9. The summed E-state index contributed by atoms with van der Waals surface area (Å²) < 4.78 is -1.50. The second-order valence-corrected chi connectivity index (χ2v) is 39.3. The summed E-state index contributed by atoms with van der Waals surface area (Å²) in [5, 5.41) is 116. The number of alkyl halides is 6. The molecule has 0 saturated carbocycles.